The molecule has 0 aromatic carbocycles. The molecule has 0 saturated heterocycles. The maximum atomic E-state index is 12.2. The van der Waals surface area contributed by atoms with E-state index in [1.807, 2.05) is 0 Å². The van der Waals surface area contributed by atoms with Gasteiger partial charge in [-0.05, 0) is 32.7 Å². The van der Waals surface area contributed by atoms with Gasteiger partial charge in [-0.2, -0.15) is 0 Å². The zero-order valence-corrected chi connectivity index (χ0v) is 12.9. The van der Waals surface area contributed by atoms with E-state index in [4.69, 9.17) is 5.73 Å². The fraction of sp³-hybridized carbons (Fsp3) is 0.933. The number of nitrogens with two attached hydrogens (primary N) is 1. The summed E-state index contributed by atoms with van der Waals surface area (Å²) in [5, 5.41) is 3.18. The normalized spacial score (nSPS) is 20.3. The van der Waals surface area contributed by atoms with E-state index >= 15 is 0 Å². The van der Waals surface area contributed by atoms with Crippen molar-refractivity contribution in [2.45, 2.75) is 70.9 Å². The van der Waals surface area contributed by atoms with Crippen molar-refractivity contribution in [2.24, 2.45) is 5.73 Å². The highest BCUT2D eigenvalue weighted by atomic mass is 16.2. The molecule has 4 heteroatoms. The third-order valence-electron chi connectivity index (χ3n) is 4.65. The molecule has 0 heterocycles. The van der Waals surface area contributed by atoms with Gasteiger partial charge in [-0.1, -0.05) is 33.1 Å². The molecule has 1 saturated carbocycles. The zero-order chi connectivity index (χ0) is 14.3. The first-order valence-corrected chi connectivity index (χ1v) is 7.80. The Morgan fingerprint density at radius 3 is 2.42 bits per heavy atom. The van der Waals surface area contributed by atoms with Crippen LogP contribution < -0.4 is 11.1 Å². The van der Waals surface area contributed by atoms with Gasteiger partial charge in [0.25, 0.3) is 0 Å². The summed E-state index contributed by atoms with van der Waals surface area (Å²) in [5.41, 5.74) is 5.81. The van der Waals surface area contributed by atoms with E-state index in [0.717, 1.165) is 25.8 Å². The van der Waals surface area contributed by atoms with Crippen LogP contribution in [0.2, 0.25) is 0 Å². The highest BCUT2D eigenvalue weighted by Crippen LogP contribution is 2.19. The van der Waals surface area contributed by atoms with E-state index < -0.39 is 0 Å². The molecule has 0 radical (unpaired) electrons. The predicted molar refractivity (Wildman–Crippen MR) is 80.0 cm³/mol. The van der Waals surface area contributed by atoms with Gasteiger partial charge < -0.3 is 11.1 Å². The predicted octanol–water partition coefficient (Wildman–Crippen LogP) is 1.88. The highest BCUT2D eigenvalue weighted by molar-refractivity contribution is 5.78. The average Bonchev–Trinajstić information content (AvgIpc) is 2.45. The maximum absolute atomic E-state index is 12.2. The standard InChI is InChI=1S/C15H31N3O/c1-4-15(3,12-16)18(5-2)11-14(19)17-13-9-7-6-8-10-13/h13H,4-12,16H2,1-3H3,(H,17,19). The fourth-order valence-corrected chi connectivity index (χ4v) is 2.88. The second-order valence-corrected chi connectivity index (χ2v) is 5.97. The Morgan fingerprint density at radius 2 is 1.95 bits per heavy atom. The minimum absolute atomic E-state index is 0.0708. The molecule has 1 aliphatic carbocycles. The molecule has 0 bridgehead atoms. The maximum Gasteiger partial charge on any atom is 0.234 e. The van der Waals surface area contributed by atoms with E-state index in [2.05, 4.69) is 31.0 Å². The van der Waals surface area contributed by atoms with E-state index in [1.165, 1.54) is 19.3 Å². The lowest BCUT2D eigenvalue weighted by molar-refractivity contribution is -0.124. The van der Waals surface area contributed by atoms with Gasteiger partial charge in [0.2, 0.25) is 5.91 Å². The van der Waals surface area contributed by atoms with Crippen molar-refractivity contribution in [3.8, 4) is 0 Å². The zero-order valence-electron chi connectivity index (χ0n) is 12.9. The molecule has 4 nitrogen and oxygen atoms in total. The lowest BCUT2D eigenvalue weighted by atomic mass is 9.95. The van der Waals surface area contributed by atoms with E-state index in [1.54, 1.807) is 0 Å². The minimum atomic E-state index is -0.0708. The molecular formula is C15H31N3O. The van der Waals surface area contributed by atoms with E-state index in [-0.39, 0.29) is 11.4 Å². The van der Waals surface area contributed by atoms with Gasteiger partial charge in [-0.3, -0.25) is 9.69 Å². The van der Waals surface area contributed by atoms with Crippen molar-refractivity contribution in [3.63, 3.8) is 0 Å². The van der Waals surface area contributed by atoms with Gasteiger partial charge >= 0.3 is 0 Å². The van der Waals surface area contributed by atoms with Crippen molar-refractivity contribution in [3.05, 3.63) is 0 Å². The molecule has 1 atom stereocenters. The van der Waals surface area contributed by atoms with Crippen molar-refractivity contribution in [1.29, 1.82) is 0 Å². The molecule has 1 amide bonds. The molecule has 1 aliphatic rings. The lowest BCUT2D eigenvalue weighted by Crippen LogP contribution is -2.55. The summed E-state index contributed by atoms with van der Waals surface area (Å²) in [6, 6.07) is 0.394. The summed E-state index contributed by atoms with van der Waals surface area (Å²) < 4.78 is 0. The first-order chi connectivity index (χ1) is 9.05. The van der Waals surface area contributed by atoms with Crippen LogP contribution in [0.4, 0.5) is 0 Å². The number of hydrogen-bond acceptors (Lipinski definition) is 3. The van der Waals surface area contributed by atoms with Crippen LogP contribution in [0.1, 0.15) is 59.3 Å². The molecule has 0 aliphatic heterocycles. The van der Waals surface area contributed by atoms with E-state index in [0.29, 0.717) is 19.1 Å². The Hall–Kier alpha value is -0.610. The number of nitrogens with zero attached hydrogens (tertiary/aromatic N) is 1. The van der Waals surface area contributed by atoms with Gasteiger partial charge in [-0.25, -0.2) is 0 Å². The Morgan fingerprint density at radius 1 is 1.32 bits per heavy atom. The number of likely N-dealkylation sites (N-methyl/N-ethyl adjacent to an activating group) is 1. The molecule has 0 aromatic rings. The average molecular weight is 269 g/mol. The van der Waals surface area contributed by atoms with Gasteiger partial charge in [-0.15, -0.1) is 0 Å². The number of hydrogen-bond donors (Lipinski definition) is 2. The lowest BCUT2D eigenvalue weighted by Gasteiger charge is -2.39. The Labute approximate surface area is 118 Å². The van der Waals surface area contributed by atoms with Crippen LogP contribution in [-0.4, -0.2) is 42.0 Å². The largest absolute Gasteiger partial charge is 0.352 e. The van der Waals surface area contributed by atoms with Crippen LogP contribution in [0.25, 0.3) is 0 Å². The van der Waals surface area contributed by atoms with Gasteiger partial charge in [0.1, 0.15) is 0 Å². The van der Waals surface area contributed by atoms with Crippen molar-refractivity contribution in [2.75, 3.05) is 19.6 Å². The summed E-state index contributed by atoms with van der Waals surface area (Å²) in [7, 11) is 0. The summed E-state index contributed by atoms with van der Waals surface area (Å²) in [6.45, 7) is 8.29. The van der Waals surface area contributed by atoms with Crippen LogP contribution in [0.15, 0.2) is 0 Å². The number of carbonyl (C=O) groups is 1. The van der Waals surface area contributed by atoms with Crippen LogP contribution in [-0.2, 0) is 4.79 Å². The minimum Gasteiger partial charge on any atom is -0.352 e. The van der Waals surface area contributed by atoms with Crippen molar-refractivity contribution in [1.82, 2.24) is 10.2 Å². The number of rotatable bonds is 7. The smallest absolute Gasteiger partial charge is 0.234 e. The third kappa shape index (κ3) is 4.77. The second-order valence-electron chi connectivity index (χ2n) is 5.97. The Balaban J connectivity index is 2.48. The Kier molecular flexibility index (Phi) is 6.80. The molecule has 19 heavy (non-hydrogen) atoms. The monoisotopic (exact) mass is 269 g/mol. The molecule has 0 spiro atoms. The van der Waals surface area contributed by atoms with Gasteiger partial charge in [0, 0.05) is 18.1 Å². The number of carbonyl (C=O) groups excluding carboxylic acids is 1. The number of amides is 1. The molecule has 1 fully saturated rings. The summed E-state index contributed by atoms with van der Waals surface area (Å²) in [6.07, 6.45) is 7.05. The summed E-state index contributed by atoms with van der Waals surface area (Å²) in [5.74, 6) is 0.155. The fourth-order valence-electron chi connectivity index (χ4n) is 2.88. The van der Waals surface area contributed by atoms with Crippen LogP contribution in [0, 0.1) is 0 Å². The number of nitrogens with one attached hydrogen (secondary N) is 1. The molecule has 0 aromatic heterocycles. The van der Waals surface area contributed by atoms with Crippen molar-refractivity contribution < 1.29 is 4.79 Å². The molecule has 3 N–H and O–H groups in total. The highest BCUT2D eigenvalue weighted by Gasteiger charge is 2.29. The molecule has 112 valence electrons. The molecule has 1 rings (SSSR count). The second kappa shape index (κ2) is 7.85. The first-order valence-electron chi connectivity index (χ1n) is 7.80. The summed E-state index contributed by atoms with van der Waals surface area (Å²) in [4.78, 5) is 14.4. The van der Waals surface area contributed by atoms with Crippen LogP contribution in [0.3, 0.4) is 0 Å². The van der Waals surface area contributed by atoms with Crippen molar-refractivity contribution >= 4 is 5.91 Å². The van der Waals surface area contributed by atoms with E-state index in [9.17, 15) is 4.79 Å². The first kappa shape index (κ1) is 16.4. The quantitative estimate of drug-likeness (QED) is 0.742. The van der Waals surface area contributed by atoms with Gasteiger partial charge in [0.05, 0.1) is 6.54 Å². The van der Waals surface area contributed by atoms with Gasteiger partial charge in [0.15, 0.2) is 0 Å². The van der Waals surface area contributed by atoms with Crippen LogP contribution >= 0.6 is 0 Å². The topological polar surface area (TPSA) is 58.4 Å². The SMILES string of the molecule is CCN(CC(=O)NC1CCCCC1)C(C)(CC)CN. The molecular weight excluding hydrogens is 238 g/mol. The third-order valence-corrected chi connectivity index (χ3v) is 4.65. The Bertz CT molecular complexity index is 271. The van der Waals surface area contributed by atoms with Crippen LogP contribution in [0.5, 0.6) is 0 Å². The summed E-state index contributed by atoms with van der Waals surface area (Å²) >= 11 is 0. The molecule has 1 unspecified atom stereocenters.